The molecule has 1 saturated carbocycles. The van der Waals surface area contributed by atoms with Crippen LogP contribution >= 0.6 is 0 Å². The number of carbonyl (C=O) groups is 1. The molecule has 47 heavy (non-hydrogen) atoms. The molecule has 3 aliphatic rings. The molecule has 1 N–H and O–H groups in total. The zero-order valence-electron chi connectivity index (χ0n) is 27.1. The van der Waals surface area contributed by atoms with Crippen LogP contribution in [0.4, 0.5) is 5.69 Å². The Balaban J connectivity index is 1.22. The van der Waals surface area contributed by atoms with E-state index in [9.17, 15) is 20.0 Å². The molecule has 2 fully saturated rings. The monoisotopic (exact) mass is 657 g/mol. The molecule has 13 nitrogen and oxygen atoms in total. The number of rotatable bonds is 16. The standard InChI is InChI=1S/C34H47N3O10/c1-42-18-6-16-35-17-20-43-31-15-10-25(21-29(31)35)24-44-32-23-36(33(39)9-5-19-45-37(40)41)22-30(38)34(32)47-28-13-11-27(12-14-28)46-26-7-3-2-4-8-26/h2-4,7-8,10,15,21,27-28,30,32,34,38H,5-6,9,11-14,16-20,22-24H2,1H3. The van der Waals surface area contributed by atoms with Gasteiger partial charge < -0.3 is 43.4 Å². The van der Waals surface area contributed by atoms with E-state index in [0.717, 1.165) is 67.9 Å². The van der Waals surface area contributed by atoms with E-state index in [2.05, 4.69) is 15.8 Å². The highest BCUT2D eigenvalue weighted by molar-refractivity contribution is 5.76. The van der Waals surface area contributed by atoms with E-state index in [1.165, 1.54) is 0 Å². The van der Waals surface area contributed by atoms with Gasteiger partial charge in [-0.05, 0) is 68.4 Å². The van der Waals surface area contributed by atoms with Crippen LogP contribution in [-0.4, -0.2) is 105 Å². The summed E-state index contributed by atoms with van der Waals surface area (Å²) in [6.07, 6.45) is 2.28. The Hall–Kier alpha value is -3.65. The zero-order valence-corrected chi connectivity index (χ0v) is 27.1. The van der Waals surface area contributed by atoms with Crippen LogP contribution in [0.15, 0.2) is 48.5 Å². The van der Waals surface area contributed by atoms with Crippen molar-refractivity contribution in [2.24, 2.45) is 0 Å². The van der Waals surface area contributed by atoms with Crippen molar-refractivity contribution in [3.63, 3.8) is 0 Å². The summed E-state index contributed by atoms with van der Waals surface area (Å²) in [6.45, 7) is 3.36. The molecule has 2 heterocycles. The summed E-state index contributed by atoms with van der Waals surface area (Å²) in [5.41, 5.74) is 1.95. The molecular formula is C34H47N3O10. The highest BCUT2D eigenvalue weighted by Gasteiger charge is 2.41. The van der Waals surface area contributed by atoms with Gasteiger partial charge in [-0.2, -0.15) is 0 Å². The number of aliphatic hydroxyl groups excluding tert-OH is 1. The van der Waals surface area contributed by atoms with Crippen LogP contribution in [-0.2, 0) is 30.4 Å². The molecule has 5 rings (SSSR count). The maximum Gasteiger partial charge on any atom is 0.294 e. The molecule has 13 heteroatoms. The SMILES string of the molecule is COCCCN1CCOc2ccc(COC3CN(C(=O)CCCO[N+](=O)[O-])CC(O)C3OC3CCC(Oc4ccccc4)CC3)cc21. The third-order valence-electron chi connectivity index (χ3n) is 8.88. The first-order chi connectivity index (χ1) is 22.9. The van der Waals surface area contributed by atoms with Crippen LogP contribution in [0, 0.1) is 10.1 Å². The molecule has 2 aliphatic heterocycles. The summed E-state index contributed by atoms with van der Waals surface area (Å²) >= 11 is 0. The molecule has 0 bridgehead atoms. The minimum Gasteiger partial charge on any atom is -0.490 e. The highest BCUT2D eigenvalue weighted by Crippen LogP contribution is 2.34. The number of ether oxygens (including phenoxy) is 5. The summed E-state index contributed by atoms with van der Waals surface area (Å²) in [5.74, 6) is 1.46. The van der Waals surface area contributed by atoms with E-state index in [-0.39, 0.29) is 57.3 Å². The third-order valence-corrected chi connectivity index (χ3v) is 8.88. The molecule has 1 saturated heterocycles. The van der Waals surface area contributed by atoms with Gasteiger partial charge in [0, 0.05) is 39.8 Å². The van der Waals surface area contributed by atoms with Crippen molar-refractivity contribution in [2.45, 2.75) is 82.1 Å². The van der Waals surface area contributed by atoms with Crippen LogP contribution in [0.25, 0.3) is 0 Å². The van der Waals surface area contributed by atoms with E-state index in [4.69, 9.17) is 23.7 Å². The minimum absolute atomic E-state index is 0.0635. The van der Waals surface area contributed by atoms with E-state index in [1.54, 1.807) is 12.0 Å². The second-order valence-electron chi connectivity index (χ2n) is 12.3. The Bertz CT molecular complexity index is 1280. The molecule has 2 aromatic carbocycles. The van der Waals surface area contributed by atoms with Crippen LogP contribution in [0.3, 0.4) is 0 Å². The van der Waals surface area contributed by atoms with Gasteiger partial charge in [0.15, 0.2) is 0 Å². The van der Waals surface area contributed by atoms with Gasteiger partial charge in [-0.15, -0.1) is 10.1 Å². The lowest BCUT2D eigenvalue weighted by atomic mass is 9.93. The number of nitrogens with zero attached hydrogens (tertiary/aromatic N) is 3. The van der Waals surface area contributed by atoms with Crippen molar-refractivity contribution in [1.82, 2.24) is 4.90 Å². The van der Waals surface area contributed by atoms with Crippen LogP contribution in [0.5, 0.6) is 11.5 Å². The maximum absolute atomic E-state index is 13.0. The number of carbonyl (C=O) groups excluding carboxylic acids is 1. The van der Waals surface area contributed by atoms with Gasteiger partial charge in [0.1, 0.15) is 36.4 Å². The summed E-state index contributed by atoms with van der Waals surface area (Å²) in [7, 11) is 1.70. The van der Waals surface area contributed by atoms with Crippen molar-refractivity contribution < 1.29 is 43.5 Å². The molecule has 1 amide bonds. The number of aliphatic hydroxyl groups is 1. The Morgan fingerprint density at radius 3 is 2.60 bits per heavy atom. The number of para-hydroxylation sites is 1. The van der Waals surface area contributed by atoms with Crippen molar-refractivity contribution in [1.29, 1.82) is 0 Å². The largest absolute Gasteiger partial charge is 0.490 e. The van der Waals surface area contributed by atoms with Gasteiger partial charge in [-0.1, -0.05) is 24.3 Å². The zero-order chi connectivity index (χ0) is 33.0. The molecule has 2 aromatic rings. The number of hydrogen-bond donors (Lipinski definition) is 1. The fraction of sp³-hybridized carbons (Fsp3) is 0.618. The number of β-amino-alcohol motifs (C(OH)–C–C–N with tert-alkyl or cyclic N) is 1. The highest BCUT2D eigenvalue weighted by atomic mass is 16.9. The van der Waals surface area contributed by atoms with Crippen LogP contribution in [0.1, 0.15) is 50.5 Å². The summed E-state index contributed by atoms with van der Waals surface area (Å²) in [5, 5.41) is 20.9. The molecule has 3 unspecified atom stereocenters. The van der Waals surface area contributed by atoms with Crippen molar-refractivity contribution >= 4 is 11.6 Å². The predicted octanol–water partition coefficient (Wildman–Crippen LogP) is 3.77. The Kier molecular flexibility index (Phi) is 12.9. The van der Waals surface area contributed by atoms with Crippen molar-refractivity contribution in [2.75, 3.05) is 58.0 Å². The molecular weight excluding hydrogens is 610 g/mol. The van der Waals surface area contributed by atoms with Crippen LogP contribution < -0.4 is 14.4 Å². The first-order valence-corrected chi connectivity index (χ1v) is 16.6. The van der Waals surface area contributed by atoms with Crippen molar-refractivity contribution in [3.05, 3.63) is 64.2 Å². The lowest BCUT2D eigenvalue weighted by Gasteiger charge is -2.43. The van der Waals surface area contributed by atoms with Gasteiger partial charge in [0.2, 0.25) is 5.91 Å². The van der Waals surface area contributed by atoms with Gasteiger partial charge in [0.05, 0.1) is 37.7 Å². The second-order valence-corrected chi connectivity index (χ2v) is 12.3. The fourth-order valence-electron chi connectivity index (χ4n) is 6.47. The molecule has 0 aromatic heterocycles. The molecule has 0 spiro atoms. The van der Waals surface area contributed by atoms with E-state index >= 15 is 0 Å². The van der Waals surface area contributed by atoms with Gasteiger partial charge >= 0.3 is 0 Å². The fourth-order valence-corrected chi connectivity index (χ4v) is 6.47. The molecule has 0 radical (unpaired) electrons. The number of anilines is 1. The smallest absolute Gasteiger partial charge is 0.294 e. The number of likely N-dealkylation sites (tertiary alicyclic amines) is 1. The number of fused-ring (bicyclic) bond motifs is 1. The third kappa shape index (κ3) is 10.2. The first-order valence-electron chi connectivity index (χ1n) is 16.6. The van der Waals surface area contributed by atoms with Crippen LogP contribution in [0.2, 0.25) is 0 Å². The molecule has 3 atom stereocenters. The molecule has 1 aliphatic carbocycles. The number of piperidine rings is 1. The van der Waals surface area contributed by atoms with Crippen molar-refractivity contribution in [3.8, 4) is 11.5 Å². The number of benzene rings is 2. The van der Waals surface area contributed by atoms with Gasteiger partial charge in [-0.3, -0.25) is 4.79 Å². The van der Waals surface area contributed by atoms with E-state index in [1.807, 2.05) is 42.5 Å². The van der Waals surface area contributed by atoms with E-state index in [0.29, 0.717) is 13.2 Å². The quantitative estimate of drug-likeness (QED) is 0.160. The molecule has 258 valence electrons. The minimum atomic E-state index is -0.959. The number of amides is 1. The average Bonchev–Trinajstić information content (AvgIpc) is 3.08. The number of hydrogen-bond acceptors (Lipinski definition) is 11. The number of methoxy groups -OCH3 is 1. The lowest BCUT2D eigenvalue weighted by molar-refractivity contribution is -0.757. The Morgan fingerprint density at radius 1 is 1.04 bits per heavy atom. The van der Waals surface area contributed by atoms with E-state index < -0.39 is 23.4 Å². The summed E-state index contributed by atoms with van der Waals surface area (Å²) < 4.78 is 30.3. The average molecular weight is 658 g/mol. The Morgan fingerprint density at radius 2 is 1.83 bits per heavy atom. The summed E-state index contributed by atoms with van der Waals surface area (Å²) in [4.78, 5) is 31.7. The first kappa shape index (κ1) is 34.7. The summed E-state index contributed by atoms with van der Waals surface area (Å²) in [6, 6.07) is 15.8. The topological polar surface area (TPSA) is 142 Å². The second kappa shape index (κ2) is 17.5. The lowest BCUT2D eigenvalue weighted by Crippen LogP contribution is -2.59. The van der Waals surface area contributed by atoms with Gasteiger partial charge in [-0.25, -0.2) is 0 Å². The normalized spacial score (nSPS) is 24.3. The predicted molar refractivity (Wildman–Crippen MR) is 172 cm³/mol. The van der Waals surface area contributed by atoms with Gasteiger partial charge in [0.25, 0.3) is 5.09 Å². The maximum atomic E-state index is 13.0. The Labute approximate surface area is 275 Å².